The molecule has 2 rings (SSSR count). The van der Waals surface area contributed by atoms with Gasteiger partial charge in [0.05, 0.1) is 5.75 Å². The Balaban J connectivity index is 1.71. The van der Waals surface area contributed by atoms with Crippen molar-refractivity contribution >= 4 is 45.9 Å². The number of amides is 1. The third kappa shape index (κ3) is 5.94. The van der Waals surface area contributed by atoms with E-state index in [9.17, 15) is 9.18 Å². The minimum Gasteiger partial charge on any atom is -0.300 e. The highest BCUT2D eigenvalue weighted by Crippen LogP contribution is 2.25. The summed E-state index contributed by atoms with van der Waals surface area (Å²) in [5, 5.41) is 11.2. The van der Waals surface area contributed by atoms with E-state index in [1.807, 2.05) is 0 Å². The second-order valence-corrected chi connectivity index (χ2v) is 7.69. The molecule has 0 unspecified atom stereocenters. The van der Waals surface area contributed by atoms with E-state index in [1.165, 1.54) is 35.2 Å². The predicted molar refractivity (Wildman–Crippen MR) is 92.1 cm³/mol. The first-order valence-corrected chi connectivity index (χ1v) is 9.71. The van der Waals surface area contributed by atoms with Crippen molar-refractivity contribution in [3.8, 4) is 0 Å². The number of hydrogen-bond donors (Lipinski definition) is 1. The van der Waals surface area contributed by atoms with Crippen LogP contribution in [-0.4, -0.2) is 27.6 Å². The van der Waals surface area contributed by atoms with Gasteiger partial charge >= 0.3 is 0 Å². The molecule has 0 fully saturated rings. The molecular weight excluding hydrogens is 341 g/mol. The molecule has 0 radical (unpaired) electrons. The molecular formula is C14H16FN3OS3. The van der Waals surface area contributed by atoms with E-state index in [1.54, 1.807) is 23.9 Å². The van der Waals surface area contributed by atoms with Crippen molar-refractivity contribution in [1.29, 1.82) is 0 Å². The van der Waals surface area contributed by atoms with Crippen LogP contribution in [0.3, 0.4) is 0 Å². The van der Waals surface area contributed by atoms with Crippen LogP contribution in [0.5, 0.6) is 0 Å². The van der Waals surface area contributed by atoms with E-state index in [-0.39, 0.29) is 11.7 Å². The topological polar surface area (TPSA) is 54.9 Å². The summed E-state index contributed by atoms with van der Waals surface area (Å²) in [5.41, 5.74) is 0.994. The summed E-state index contributed by atoms with van der Waals surface area (Å²) in [5.74, 6) is 1.64. The summed E-state index contributed by atoms with van der Waals surface area (Å²) in [6.45, 7) is 2.11. The summed E-state index contributed by atoms with van der Waals surface area (Å²) < 4.78 is 13.6. The van der Waals surface area contributed by atoms with Gasteiger partial charge in [-0.15, -0.1) is 22.0 Å². The van der Waals surface area contributed by atoms with Crippen molar-refractivity contribution in [3.63, 3.8) is 0 Å². The van der Waals surface area contributed by atoms with Crippen LogP contribution in [0.25, 0.3) is 0 Å². The SMILES string of the molecule is CCCSc1nnc(NC(=O)CSCc2ccc(F)cc2)s1. The maximum absolute atomic E-state index is 12.8. The van der Waals surface area contributed by atoms with Crippen LogP contribution in [-0.2, 0) is 10.5 Å². The molecule has 8 heteroatoms. The molecule has 0 bridgehead atoms. The first-order chi connectivity index (χ1) is 10.7. The molecule has 0 aliphatic heterocycles. The van der Waals surface area contributed by atoms with E-state index < -0.39 is 0 Å². The van der Waals surface area contributed by atoms with E-state index >= 15 is 0 Å². The lowest BCUT2D eigenvalue weighted by molar-refractivity contribution is -0.113. The second-order valence-electron chi connectivity index (χ2n) is 4.39. The van der Waals surface area contributed by atoms with E-state index in [0.717, 1.165) is 22.1 Å². The molecule has 0 atom stereocenters. The lowest BCUT2D eigenvalue weighted by atomic mass is 10.2. The van der Waals surface area contributed by atoms with Crippen LogP contribution in [0.2, 0.25) is 0 Å². The fourth-order valence-corrected chi connectivity index (χ4v) is 3.99. The zero-order valence-corrected chi connectivity index (χ0v) is 14.5. The molecule has 22 heavy (non-hydrogen) atoms. The number of anilines is 1. The van der Waals surface area contributed by atoms with Crippen molar-refractivity contribution < 1.29 is 9.18 Å². The fourth-order valence-electron chi connectivity index (χ4n) is 1.51. The Morgan fingerprint density at radius 3 is 2.82 bits per heavy atom. The number of rotatable bonds is 8. The van der Waals surface area contributed by atoms with Crippen LogP contribution in [0.4, 0.5) is 9.52 Å². The maximum atomic E-state index is 12.8. The molecule has 1 amide bonds. The Morgan fingerprint density at radius 2 is 2.09 bits per heavy atom. The summed E-state index contributed by atoms with van der Waals surface area (Å²) >= 11 is 4.51. The van der Waals surface area contributed by atoms with Gasteiger partial charge in [-0.05, 0) is 24.1 Å². The van der Waals surface area contributed by atoms with Gasteiger partial charge in [0.1, 0.15) is 5.82 Å². The van der Waals surface area contributed by atoms with Gasteiger partial charge in [0.15, 0.2) is 4.34 Å². The molecule has 4 nitrogen and oxygen atoms in total. The van der Waals surface area contributed by atoms with Crippen molar-refractivity contribution in [2.45, 2.75) is 23.4 Å². The number of carbonyl (C=O) groups excluding carboxylic acids is 1. The van der Waals surface area contributed by atoms with Crippen LogP contribution >= 0.6 is 34.9 Å². The van der Waals surface area contributed by atoms with Crippen molar-refractivity contribution in [2.75, 3.05) is 16.8 Å². The number of hydrogen-bond acceptors (Lipinski definition) is 6. The Hall–Kier alpha value is -1.12. The van der Waals surface area contributed by atoms with Crippen molar-refractivity contribution in [1.82, 2.24) is 10.2 Å². The summed E-state index contributed by atoms with van der Waals surface area (Å²) in [6.07, 6.45) is 1.08. The van der Waals surface area contributed by atoms with Gasteiger partial charge in [-0.3, -0.25) is 10.1 Å². The minimum atomic E-state index is -0.250. The molecule has 1 aromatic carbocycles. The number of benzene rings is 1. The number of thioether (sulfide) groups is 2. The molecule has 118 valence electrons. The van der Waals surface area contributed by atoms with Gasteiger partial charge < -0.3 is 0 Å². The van der Waals surface area contributed by atoms with Gasteiger partial charge in [0, 0.05) is 11.5 Å². The molecule has 0 saturated heterocycles. The number of nitrogens with one attached hydrogen (secondary N) is 1. The van der Waals surface area contributed by atoms with Crippen molar-refractivity contribution in [2.24, 2.45) is 0 Å². The monoisotopic (exact) mass is 357 g/mol. The number of aromatic nitrogens is 2. The highest BCUT2D eigenvalue weighted by atomic mass is 32.2. The van der Waals surface area contributed by atoms with Gasteiger partial charge in [0.2, 0.25) is 11.0 Å². The largest absolute Gasteiger partial charge is 0.300 e. The Morgan fingerprint density at radius 1 is 1.32 bits per heavy atom. The van der Waals surface area contributed by atoms with E-state index in [4.69, 9.17) is 0 Å². The molecule has 1 heterocycles. The highest BCUT2D eigenvalue weighted by Gasteiger charge is 2.08. The van der Waals surface area contributed by atoms with Gasteiger partial charge in [-0.25, -0.2) is 4.39 Å². The third-order valence-corrected chi connectivity index (χ3v) is 5.68. The zero-order valence-electron chi connectivity index (χ0n) is 12.0. The highest BCUT2D eigenvalue weighted by molar-refractivity contribution is 8.01. The molecule has 0 saturated carbocycles. The summed E-state index contributed by atoms with van der Waals surface area (Å²) in [7, 11) is 0. The average Bonchev–Trinajstić information content (AvgIpc) is 2.94. The predicted octanol–water partition coefficient (Wildman–Crippen LogP) is 4.05. The van der Waals surface area contributed by atoms with Crippen LogP contribution < -0.4 is 5.32 Å². The lowest BCUT2D eigenvalue weighted by Crippen LogP contribution is -2.13. The first kappa shape index (κ1) is 17.2. The zero-order chi connectivity index (χ0) is 15.8. The second kappa shape index (κ2) is 9.12. The molecule has 0 spiro atoms. The van der Waals surface area contributed by atoms with E-state index in [2.05, 4.69) is 22.4 Å². The Kier molecular flexibility index (Phi) is 7.14. The molecule has 0 aliphatic carbocycles. The van der Waals surface area contributed by atoms with Crippen molar-refractivity contribution in [3.05, 3.63) is 35.6 Å². The number of nitrogens with zero attached hydrogens (tertiary/aromatic N) is 2. The summed E-state index contributed by atoms with van der Waals surface area (Å²) in [6, 6.07) is 6.30. The smallest absolute Gasteiger partial charge is 0.236 e. The Bertz CT molecular complexity index is 604. The minimum absolute atomic E-state index is 0.102. The summed E-state index contributed by atoms with van der Waals surface area (Å²) in [4.78, 5) is 11.8. The fraction of sp³-hybridized carbons (Fsp3) is 0.357. The van der Waals surface area contributed by atoms with Gasteiger partial charge in [0.25, 0.3) is 0 Å². The van der Waals surface area contributed by atoms with Crippen LogP contribution in [0.1, 0.15) is 18.9 Å². The molecule has 2 aromatic rings. The van der Waals surface area contributed by atoms with E-state index in [0.29, 0.717) is 16.6 Å². The van der Waals surface area contributed by atoms with Crippen LogP contribution in [0, 0.1) is 5.82 Å². The quantitative estimate of drug-likeness (QED) is 0.570. The average molecular weight is 358 g/mol. The van der Waals surface area contributed by atoms with Gasteiger partial charge in [-0.2, -0.15) is 0 Å². The van der Waals surface area contributed by atoms with Crippen LogP contribution in [0.15, 0.2) is 28.6 Å². The lowest BCUT2D eigenvalue weighted by Gasteiger charge is -2.02. The number of carbonyl (C=O) groups is 1. The standard InChI is InChI=1S/C14H16FN3OS3/c1-2-7-21-14-18-17-13(22-14)16-12(19)9-20-8-10-3-5-11(15)6-4-10/h3-6H,2,7-9H2,1H3,(H,16,17,19). The third-order valence-electron chi connectivity index (χ3n) is 2.50. The molecule has 0 aliphatic rings. The normalized spacial score (nSPS) is 10.6. The maximum Gasteiger partial charge on any atom is 0.236 e. The number of halogens is 1. The molecule has 1 aromatic heterocycles. The van der Waals surface area contributed by atoms with Gasteiger partial charge in [-0.1, -0.05) is 42.2 Å². The molecule has 1 N–H and O–H groups in total. The first-order valence-electron chi connectivity index (χ1n) is 6.75. The Labute approximate surface area is 141 Å².